The number of rotatable bonds is 4. The molecule has 2 atom stereocenters. The van der Waals surface area contributed by atoms with E-state index in [1.165, 1.54) is 50.6 Å². The molecule has 10 heteroatoms. The van der Waals surface area contributed by atoms with Crippen LogP contribution >= 0.6 is 0 Å². The zero-order valence-corrected chi connectivity index (χ0v) is 16.0. The molecule has 0 fully saturated rings. The summed E-state index contributed by atoms with van der Waals surface area (Å²) >= 11 is 0. The van der Waals surface area contributed by atoms with E-state index >= 15 is 0 Å². The fourth-order valence-electron chi connectivity index (χ4n) is 4.94. The van der Waals surface area contributed by atoms with Crippen LogP contribution in [0.4, 0.5) is 11.4 Å². The number of fused-ring (bicyclic) bond motifs is 1. The van der Waals surface area contributed by atoms with Gasteiger partial charge in [0.25, 0.3) is 11.4 Å². The zero-order chi connectivity index (χ0) is 21.8. The maximum absolute atomic E-state index is 13.1. The Morgan fingerprint density at radius 1 is 0.767 bits per heavy atom. The maximum Gasteiger partial charge on any atom is 0.320 e. The number of methoxy groups -OCH3 is 2. The Kier molecular flexibility index (Phi) is 4.12. The van der Waals surface area contributed by atoms with Gasteiger partial charge in [0.05, 0.1) is 24.1 Å². The summed E-state index contributed by atoms with van der Waals surface area (Å²) in [5, 5.41) is 22.8. The average Bonchev–Trinajstić information content (AvgIpc) is 2.77. The van der Waals surface area contributed by atoms with Crippen molar-refractivity contribution in [2.45, 2.75) is 23.7 Å². The first kappa shape index (κ1) is 19.5. The van der Waals surface area contributed by atoms with Gasteiger partial charge in [-0.3, -0.25) is 29.8 Å². The van der Waals surface area contributed by atoms with Crippen LogP contribution in [0, 0.1) is 20.2 Å². The van der Waals surface area contributed by atoms with E-state index in [1.54, 1.807) is 0 Å². The molecule has 0 amide bonds. The molecule has 2 aromatic rings. The van der Waals surface area contributed by atoms with Crippen molar-refractivity contribution < 1.29 is 28.9 Å². The highest BCUT2D eigenvalue weighted by molar-refractivity contribution is 5.99. The van der Waals surface area contributed by atoms with Crippen LogP contribution in [-0.4, -0.2) is 36.0 Å². The fraction of sp³-hybridized carbons (Fsp3) is 0.300. The molecular formula is C20H16N2O8. The van der Waals surface area contributed by atoms with Gasteiger partial charge in [-0.15, -0.1) is 0 Å². The molecule has 0 saturated heterocycles. The predicted octanol–water partition coefficient (Wildman–Crippen LogP) is 2.53. The van der Waals surface area contributed by atoms with Gasteiger partial charge in [0.2, 0.25) is 0 Å². The molecule has 3 aliphatic carbocycles. The number of hydrogen-bond acceptors (Lipinski definition) is 8. The molecule has 2 aromatic carbocycles. The Morgan fingerprint density at radius 2 is 1.13 bits per heavy atom. The molecule has 30 heavy (non-hydrogen) atoms. The monoisotopic (exact) mass is 412 g/mol. The van der Waals surface area contributed by atoms with Crippen molar-refractivity contribution in [2.75, 3.05) is 14.2 Å². The van der Waals surface area contributed by atoms with E-state index in [2.05, 4.69) is 0 Å². The van der Waals surface area contributed by atoms with Gasteiger partial charge in [-0.25, -0.2) is 0 Å². The number of nitrogens with zero attached hydrogens (tertiary/aromatic N) is 2. The normalized spacial score (nSPS) is 23.1. The number of carbonyl (C=O) groups is 2. The first-order valence-electron chi connectivity index (χ1n) is 8.99. The van der Waals surface area contributed by atoms with Gasteiger partial charge in [-0.2, -0.15) is 0 Å². The molecule has 0 aromatic heterocycles. The number of nitro groups is 2. The lowest BCUT2D eigenvalue weighted by molar-refractivity contribution is -0.385. The molecule has 154 valence electrons. The number of esters is 2. The number of nitro benzene ring substituents is 2. The summed E-state index contributed by atoms with van der Waals surface area (Å²) < 4.78 is 10.1. The Hall–Kier alpha value is -3.82. The summed E-state index contributed by atoms with van der Waals surface area (Å²) in [5.41, 5.74) is -2.06. The number of ether oxygens (including phenoxy) is 2. The van der Waals surface area contributed by atoms with E-state index in [1.807, 2.05) is 0 Å². The van der Waals surface area contributed by atoms with Crippen molar-refractivity contribution in [3.63, 3.8) is 0 Å². The second kappa shape index (κ2) is 6.34. The van der Waals surface area contributed by atoms with Crippen molar-refractivity contribution in [3.8, 4) is 0 Å². The molecular weight excluding hydrogens is 396 g/mol. The quantitative estimate of drug-likeness (QED) is 0.424. The Balaban J connectivity index is 2.17. The van der Waals surface area contributed by atoms with E-state index in [4.69, 9.17) is 9.47 Å². The van der Waals surface area contributed by atoms with Gasteiger partial charge in [0, 0.05) is 24.3 Å². The number of hydrogen-bond donors (Lipinski definition) is 0. The number of benzene rings is 2. The predicted molar refractivity (Wildman–Crippen MR) is 101 cm³/mol. The van der Waals surface area contributed by atoms with E-state index in [-0.39, 0.29) is 35.3 Å². The van der Waals surface area contributed by atoms with E-state index in [9.17, 15) is 29.8 Å². The topological polar surface area (TPSA) is 139 Å². The van der Waals surface area contributed by atoms with Crippen LogP contribution in [0.2, 0.25) is 0 Å². The van der Waals surface area contributed by atoms with Gasteiger partial charge >= 0.3 is 11.9 Å². The fourth-order valence-corrected chi connectivity index (χ4v) is 4.94. The summed E-state index contributed by atoms with van der Waals surface area (Å²) in [6.45, 7) is 0. The minimum Gasteiger partial charge on any atom is -0.468 e. The standard InChI is InChI=1S/C20H16N2O8/c1-29-17(23)19-7-8-20(18(24)30-2,14-6-4-11(21(25)26)9-15(14)19)16-10-12(22(27)28)3-5-13(16)19/h3-6,9-10H,7-8H2,1-2H3. The minimum atomic E-state index is -1.42. The van der Waals surface area contributed by atoms with E-state index in [0.29, 0.717) is 11.1 Å². The van der Waals surface area contributed by atoms with E-state index < -0.39 is 32.6 Å². The molecule has 0 N–H and O–H groups in total. The molecule has 2 unspecified atom stereocenters. The van der Waals surface area contributed by atoms with Gasteiger partial charge in [0.1, 0.15) is 10.8 Å². The lowest BCUT2D eigenvalue weighted by Gasteiger charge is -2.52. The molecule has 2 bridgehead atoms. The third-order valence-electron chi connectivity index (χ3n) is 6.21. The van der Waals surface area contributed by atoms with Crippen LogP contribution in [0.1, 0.15) is 35.1 Å². The van der Waals surface area contributed by atoms with Crippen LogP contribution in [-0.2, 0) is 29.9 Å². The number of non-ortho nitro benzene ring substituents is 2. The summed E-state index contributed by atoms with van der Waals surface area (Å²) in [6.07, 6.45) is 0.265. The molecule has 0 saturated carbocycles. The van der Waals surface area contributed by atoms with Gasteiger partial charge in [0.15, 0.2) is 0 Å². The first-order chi connectivity index (χ1) is 14.2. The second-order valence-electron chi connectivity index (χ2n) is 7.27. The van der Waals surface area contributed by atoms with Crippen LogP contribution in [0.25, 0.3) is 0 Å². The molecule has 0 radical (unpaired) electrons. The van der Waals surface area contributed by atoms with Crippen molar-refractivity contribution in [1.82, 2.24) is 0 Å². The summed E-state index contributed by atoms with van der Waals surface area (Å²) in [6, 6.07) is 7.87. The zero-order valence-electron chi connectivity index (χ0n) is 16.0. The SMILES string of the molecule is COC(=O)C12CCC(C(=O)OC)(c3ccc([N+](=O)[O-])cc31)c1cc([N+](=O)[O-])ccc12. The maximum atomic E-state index is 13.1. The lowest BCUT2D eigenvalue weighted by atomic mass is 9.49. The van der Waals surface area contributed by atoms with Crippen molar-refractivity contribution in [2.24, 2.45) is 0 Å². The lowest BCUT2D eigenvalue weighted by Crippen LogP contribution is -2.56. The van der Waals surface area contributed by atoms with E-state index in [0.717, 1.165) is 0 Å². The molecule has 10 nitrogen and oxygen atoms in total. The van der Waals surface area contributed by atoms with Crippen molar-refractivity contribution in [3.05, 3.63) is 78.9 Å². The molecule has 0 heterocycles. The van der Waals surface area contributed by atoms with Crippen LogP contribution in [0.3, 0.4) is 0 Å². The summed E-state index contributed by atoms with van der Waals surface area (Å²) in [5.74, 6) is -1.31. The minimum absolute atomic E-state index is 0.133. The molecule has 0 spiro atoms. The van der Waals surface area contributed by atoms with Crippen LogP contribution in [0.15, 0.2) is 36.4 Å². The summed E-state index contributed by atoms with van der Waals surface area (Å²) in [4.78, 5) is 47.8. The Labute approximate surface area is 169 Å². The highest BCUT2D eigenvalue weighted by atomic mass is 16.6. The first-order valence-corrected chi connectivity index (χ1v) is 8.99. The Morgan fingerprint density at radius 3 is 1.43 bits per heavy atom. The van der Waals surface area contributed by atoms with Crippen molar-refractivity contribution in [1.29, 1.82) is 0 Å². The second-order valence-corrected chi connectivity index (χ2v) is 7.27. The highest BCUT2D eigenvalue weighted by Crippen LogP contribution is 2.61. The molecule has 3 aliphatic rings. The molecule has 0 aliphatic heterocycles. The highest BCUT2D eigenvalue weighted by Gasteiger charge is 2.63. The smallest absolute Gasteiger partial charge is 0.320 e. The molecule has 5 rings (SSSR count). The third-order valence-corrected chi connectivity index (χ3v) is 6.21. The number of carbonyl (C=O) groups excluding carboxylic acids is 2. The van der Waals surface area contributed by atoms with Gasteiger partial charge in [-0.05, 0) is 35.1 Å². The third kappa shape index (κ3) is 2.18. The Bertz CT molecular complexity index is 1050. The van der Waals surface area contributed by atoms with Gasteiger partial charge < -0.3 is 9.47 Å². The summed E-state index contributed by atoms with van der Waals surface area (Å²) in [7, 11) is 2.41. The average molecular weight is 412 g/mol. The van der Waals surface area contributed by atoms with Crippen molar-refractivity contribution >= 4 is 23.3 Å². The van der Waals surface area contributed by atoms with Crippen LogP contribution in [0.5, 0.6) is 0 Å². The van der Waals surface area contributed by atoms with Gasteiger partial charge in [-0.1, -0.05) is 12.1 Å². The largest absolute Gasteiger partial charge is 0.468 e. The van der Waals surface area contributed by atoms with Crippen LogP contribution < -0.4 is 0 Å².